The molecule has 0 atom stereocenters. The summed E-state index contributed by atoms with van der Waals surface area (Å²) in [7, 11) is 3.31. The van der Waals surface area contributed by atoms with Gasteiger partial charge in [-0.15, -0.1) is 21.8 Å². The number of methoxy groups -OCH3 is 1. The lowest BCUT2D eigenvalue weighted by molar-refractivity contribution is 0.292. The Morgan fingerprint density at radius 1 is 1.39 bits per heavy atom. The van der Waals surface area contributed by atoms with Crippen LogP contribution in [0.25, 0.3) is 0 Å². The summed E-state index contributed by atoms with van der Waals surface area (Å²) >= 11 is 5.86. The van der Waals surface area contributed by atoms with Crippen molar-refractivity contribution in [2.75, 3.05) is 7.11 Å². The summed E-state index contributed by atoms with van der Waals surface area (Å²) in [6.45, 7) is 0.254. The number of hydrogen-bond donors (Lipinski definition) is 0. The van der Waals surface area contributed by atoms with Crippen molar-refractivity contribution in [1.29, 1.82) is 0 Å². The number of aryl methyl sites for hydroxylation is 1. The molecule has 6 nitrogen and oxygen atoms in total. The Balaban J connectivity index is 2.08. The van der Waals surface area contributed by atoms with E-state index in [4.69, 9.17) is 21.1 Å². The Labute approximate surface area is 109 Å². The predicted octanol–water partition coefficient (Wildman–Crippen LogP) is 1.54. The fraction of sp³-hybridized carbons (Fsp3) is 0.364. The first-order valence-corrected chi connectivity index (χ1v) is 5.85. The van der Waals surface area contributed by atoms with Gasteiger partial charge in [0.05, 0.1) is 20.0 Å². The largest absolute Gasteiger partial charge is 0.497 e. The van der Waals surface area contributed by atoms with Crippen molar-refractivity contribution in [1.82, 2.24) is 20.2 Å². The molecular formula is C11H13ClN4O2. The quantitative estimate of drug-likeness (QED) is 0.770. The molecule has 1 aromatic heterocycles. The Morgan fingerprint density at radius 3 is 2.83 bits per heavy atom. The molecule has 2 rings (SSSR count). The molecule has 0 spiro atoms. The molecule has 0 N–H and O–H groups in total. The highest BCUT2D eigenvalue weighted by Gasteiger charge is 2.07. The Morgan fingerprint density at radius 2 is 2.22 bits per heavy atom. The van der Waals surface area contributed by atoms with E-state index in [1.54, 1.807) is 14.2 Å². The number of alkyl halides is 1. The van der Waals surface area contributed by atoms with Crippen molar-refractivity contribution in [3.63, 3.8) is 0 Å². The Kier molecular flexibility index (Phi) is 3.99. The van der Waals surface area contributed by atoms with Gasteiger partial charge < -0.3 is 9.47 Å². The minimum absolute atomic E-state index is 0.254. The molecule has 1 aromatic carbocycles. The number of halogens is 1. The van der Waals surface area contributed by atoms with E-state index in [0.29, 0.717) is 17.5 Å². The Bertz CT molecular complexity index is 530. The van der Waals surface area contributed by atoms with Crippen molar-refractivity contribution in [2.24, 2.45) is 7.05 Å². The number of hydrogen-bond acceptors (Lipinski definition) is 5. The maximum atomic E-state index is 5.86. The van der Waals surface area contributed by atoms with Gasteiger partial charge in [0.25, 0.3) is 0 Å². The maximum absolute atomic E-state index is 5.86. The number of nitrogens with zero attached hydrogens (tertiary/aromatic N) is 4. The van der Waals surface area contributed by atoms with Crippen molar-refractivity contribution in [3.05, 3.63) is 29.6 Å². The molecule has 0 saturated carbocycles. The average molecular weight is 269 g/mol. The van der Waals surface area contributed by atoms with Crippen LogP contribution >= 0.6 is 11.6 Å². The number of ether oxygens (including phenoxy) is 2. The third kappa shape index (κ3) is 2.89. The van der Waals surface area contributed by atoms with Gasteiger partial charge in [-0.3, -0.25) is 0 Å². The third-order valence-electron chi connectivity index (χ3n) is 2.32. The van der Waals surface area contributed by atoms with Crippen molar-refractivity contribution in [2.45, 2.75) is 12.5 Å². The van der Waals surface area contributed by atoms with Crippen molar-refractivity contribution >= 4 is 11.6 Å². The molecule has 0 aliphatic carbocycles. The van der Waals surface area contributed by atoms with Gasteiger partial charge >= 0.3 is 0 Å². The molecule has 0 unspecified atom stereocenters. The van der Waals surface area contributed by atoms with Gasteiger partial charge in [-0.2, -0.15) is 4.80 Å². The van der Waals surface area contributed by atoms with Crippen molar-refractivity contribution in [3.8, 4) is 11.5 Å². The van der Waals surface area contributed by atoms with Gasteiger partial charge in [-0.1, -0.05) is 0 Å². The first kappa shape index (κ1) is 12.6. The van der Waals surface area contributed by atoms with E-state index >= 15 is 0 Å². The van der Waals surface area contributed by atoms with E-state index in [1.807, 2.05) is 18.2 Å². The third-order valence-corrected chi connectivity index (χ3v) is 2.61. The van der Waals surface area contributed by atoms with Crippen LogP contribution in [0.3, 0.4) is 0 Å². The highest BCUT2D eigenvalue weighted by Crippen LogP contribution is 2.26. The molecule has 96 valence electrons. The van der Waals surface area contributed by atoms with Crippen LogP contribution in [0, 0.1) is 0 Å². The second-order valence-corrected chi connectivity index (χ2v) is 3.86. The van der Waals surface area contributed by atoms with Gasteiger partial charge in [0.1, 0.15) is 11.5 Å². The van der Waals surface area contributed by atoms with Crippen LogP contribution in [0.1, 0.15) is 11.4 Å². The van der Waals surface area contributed by atoms with Crippen LogP contribution in [-0.2, 0) is 19.5 Å². The van der Waals surface area contributed by atoms with Crippen LogP contribution in [0.2, 0.25) is 0 Å². The molecule has 0 radical (unpaired) electrons. The van der Waals surface area contributed by atoms with Gasteiger partial charge in [0.2, 0.25) is 5.82 Å². The number of benzene rings is 1. The topological polar surface area (TPSA) is 62.1 Å². The molecule has 0 bridgehead atoms. The first-order valence-electron chi connectivity index (χ1n) is 5.31. The van der Waals surface area contributed by atoms with E-state index < -0.39 is 0 Å². The highest BCUT2D eigenvalue weighted by molar-refractivity contribution is 6.17. The molecule has 7 heteroatoms. The first-order chi connectivity index (χ1) is 8.72. The van der Waals surface area contributed by atoms with Gasteiger partial charge in [-0.05, 0) is 23.4 Å². The maximum Gasteiger partial charge on any atom is 0.212 e. The lowest BCUT2D eigenvalue weighted by atomic mass is 10.2. The lowest BCUT2D eigenvalue weighted by Gasteiger charge is -2.09. The zero-order valence-electron chi connectivity index (χ0n) is 10.1. The molecule has 0 fully saturated rings. The number of tetrazole rings is 1. The fourth-order valence-electron chi connectivity index (χ4n) is 1.45. The van der Waals surface area contributed by atoms with Gasteiger partial charge in [-0.25, -0.2) is 0 Å². The smallest absolute Gasteiger partial charge is 0.212 e. The SMILES string of the molecule is COc1ccc(OCc2nnn(C)n2)c(CCl)c1. The minimum atomic E-state index is 0.254. The average Bonchev–Trinajstić information content (AvgIpc) is 2.82. The fourth-order valence-corrected chi connectivity index (χ4v) is 1.66. The highest BCUT2D eigenvalue weighted by atomic mass is 35.5. The van der Waals surface area contributed by atoms with E-state index in [0.717, 1.165) is 11.3 Å². The summed E-state index contributed by atoms with van der Waals surface area (Å²) in [4.78, 5) is 1.38. The normalized spacial score (nSPS) is 10.4. The molecule has 18 heavy (non-hydrogen) atoms. The second-order valence-electron chi connectivity index (χ2n) is 3.59. The minimum Gasteiger partial charge on any atom is -0.497 e. The number of rotatable bonds is 5. The van der Waals surface area contributed by atoms with Gasteiger partial charge in [0.15, 0.2) is 6.61 Å². The molecular weight excluding hydrogens is 256 g/mol. The molecule has 0 aliphatic rings. The van der Waals surface area contributed by atoms with E-state index in [1.165, 1.54) is 4.80 Å². The summed E-state index contributed by atoms with van der Waals surface area (Å²) in [5.74, 6) is 2.31. The van der Waals surface area contributed by atoms with E-state index in [2.05, 4.69) is 15.4 Å². The monoisotopic (exact) mass is 268 g/mol. The Hall–Kier alpha value is -1.82. The summed E-state index contributed by atoms with van der Waals surface area (Å²) in [5.41, 5.74) is 0.861. The summed E-state index contributed by atoms with van der Waals surface area (Å²) in [6.07, 6.45) is 0. The molecule has 0 saturated heterocycles. The van der Waals surface area contributed by atoms with Gasteiger partial charge in [0, 0.05) is 5.56 Å². The molecule has 2 aromatic rings. The zero-order chi connectivity index (χ0) is 13.0. The second kappa shape index (κ2) is 5.68. The zero-order valence-corrected chi connectivity index (χ0v) is 10.9. The van der Waals surface area contributed by atoms with Crippen LogP contribution in [0.15, 0.2) is 18.2 Å². The number of aromatic nitrogens is 4. The van der Waals surface area contributed by atoms with Crippen LogP contribution < -0.4 is 9.47 Å². The molecule has 0 aliphatic heterocycles. The van der Waals surface area contributed by atoms with Crippen LogP contribution in [0.4, 0.5) is 0 Å². The van der Waals surface area contributed by atoms with E-state index in [-0.39, 0.29) is 6.61 Å². The van der Waals surface area contributed by atoms with E-state index in [9.17, 15) is 0 Å². The summed E-state index contributed by atoms with van der Waals surface area (Å²) in [6, 6.07) is 5.47. The van der Waals surface area contributed by atoms with Crippen LogP contribution in [0.5, 0.6) is 11.5 Å². The molecule has 1 heterocycles. The lowest BCUT2D eigenvalue weighted by Crippen LogP contribution is -2.01. The van der Waals surface area contributed by atoms with Crippen LogP contribution in [-0.4, -0.2) is 27.3 Å². The predicted molar refractivity (Wildman–Crippen MR) is 65.7 cm³/mol. The molecule has 0 amide bonds. The standard InChI is InChI=1S/C11H13ClN4O2/c1-16-14-11(13-15-16)7-18-10-4-3-9(17-2)5-8(10)6-12/h3-5H,6-7H2,1-2H3. The summed E-state index contributed by atoms with van der Waals surface area (Å²) < 4.78 is 10.7. The van der Waals surface area contributed by atoms with Crippen molar-refractivity contribution < 1.29 is 9.47 Å². The summed E-state index contributed by atoms with van der Waals surface area (Å²) in [5, 5.41) is 11.6.